The van der Waals surface area contributed by atoms with Gasteiger partial charge in [-0.3, -0.25) is 9.59 Å². The van der Waals surface area contributed by atoms with E-state index in [0.717, 1.165) is 41.5 Å². The topological polar surface area (TPSA) is 63.6 Å². The zero-order chi connectivity index (χ0) is 24.3. The number of hydrogen-bond acceptors (Lipinski definition) is 3. The average Bonchev–Trinajstić information content (AvgIpc) is 3.21. The zero-order valence-corrected chi connectivity index (χ0v) is 20.6. The molecule has 0 saturated heterocycles. The summed E-state index contributed by atoms with van der Waals surface area (Å²) in [6.45, 7) is 6.99. The molecule has 34 heavy (non-hydrogen) atoms. The zero-order valence-electron chi connectivity index (χ0n) is 20.6. The molecular formula is C28H35N3O3. The maximum Gasteiger partial charge on any atom is 0.271 e. The molecule has 2 unspecified atom stereocenters. The van der Waals surface area contributed by atoms with Crippen LogP contribution in [0.5, 0.6) is 5.75 Å². The fourth-order valence-electron chi connectivity index (χ4n) is 4.96. The maximum absolute atomic E-state index is 13.9. The summed E-state index contributed by atoms with van der Waals surface area (Å²) < 4.78 is 7.41. The minimum Gasteiger partial charge on any atom is -0.497 e. The van der Waals surface area contributed by atoms with Gasteiger partial charge in [0.25, 0.3) is 5.91 Å². The van der Waals surface area contributed by atoms with Crippen molar-refractivity contribution in [3.8, 4) is 5.75 Å². The summed E-state index contributed by atoms with van der Waals surface area (Å²) in [5, 5.41) is 4.22. The molecule has 0 saturated carbocycles. The van der Waals surface area contributed by atoms with Gasteiger partial charge in [0.05, 0.1) is 19.2 Å². The quantitative estimate of drug-likeness (QED) is 0.498. The van der Waals surface area contributed by atoms with E-state index in [2.05, 4.69) is 31.3 Å². The van der Waals surface area contributed by atoms with Gasteiger partial charge in [-0.2, -0.15) is 0 Å². The standard InChI is InChI=1S/C28H35N3O3/c1-5-10-22(6-2)29-27(33)28(3)19-30-24-18-23(34-4)14-13-21(24)17-25(30)26(32)31(28)16-15-20-11-8-7-9-12-20/h7-9,11-14,17-18,22H,5-6,10,15-16,19H2,1-4H3,(H,29,33). The first kappa shape index (κ1) is 23.9. The van der Waals surface area contributed by atoms with E-state index in [1.165, 1.54) is 0 Å². The fraction of sp³-hybridized carbons (Fsp3) is 0.429. The molecule has 0 spiro atoms. The number of methoxy groups -OCH3 is 1. The second-order valence-electron chi connectivity index (χ2n) is 9.37. The summed E-state index contributed by atoms with van der Waals surface area (Å²) in [5.74, 6) is 0.524. The van der Waals surface area contributed by atoms with Crippen molar-refractivity contribution in [1.29, 1.82) is 0 Å². The van der Waals surface area contributed by atoms with Gasteiger partial charge in [0.1, 0.15) is 17.0 Å². The molecule has 1 aliphatic rings. The largest absolute Gasteiger partial charge is 0.497 e. The van der Waals surface area contributed by atoms with Gasteiger partial charge in [0.2, 0.25) is 5.91 Å². The number of rotatable bonds is 9. The van der Waals surface area contributed by atoms with E-state index in [9.17, 15) is 9.59 Å². The van der Waals surface area contributed by atoms with Crippen LogP contribution in [-0.4, -0.2) is 46.5 Å². The van der Waals surface area contributed by atoms with Gasteiger partial charge in [-0.25, -0.2) is 0 Å². The van der Waals surface area contributed by atoms with Gasteiger partial charge in [-0.15, -0.1) is 0 Å². The molecule has 2 amide bonds. The second-order valence-corrected chi connectivity index (χ2v) is 9.37. The molecule has 0 aliphatic carbocycles. The molecule has 1 aliphatic heterocycles. The number of hydrogen-bond donors (Lipinski definition) is 1. The van der Waals surface area contributed by atoms with Crippen LogP contribution in [0.4, 0.5) is 0 Å². The highest BCUT2D eigenvalue weighted by atomic mass is 16.5. The minimum absolute atomic E-state index is 0.0930. The first-order valence-corrected chi connectivity index (χ1v) is 12.3. The smallest absolute Gasteiger partial charge is 0.271 e. The number of ether oxygens (including phenoxy) is 1. The lowest BCUT2D eigenvalue weighted by molar-refractivity contribution is -0.133. The summed E-state index contributed by atoms with van der Waals surface area (Å²) in [6.07, 6.45) is 3.47. The van der Waals surface area contributed by atoms with E-state index in [1.54, 1.807) is 12.0 Å². The van der Waals surface area contributed by atoms with Crippen molar-refractivity contribution < 1.29 is 14.3 Å². The Morgan fingerprint density at radius 2 is 1.91 bits per heavy atom. The predicted octanol–water partition coefficient (Wildman–Crippen LogP) is 4.80. The van der Waals surface area contributed by atoms with Gasteiger partial charge < -0.3 is 19.5 Å². The van der Waals surface area contributed by atoms with E-state index in [0.29, 0.717) is 25.2 Å². The first-order chi connectivity index (χ1) is 16.4. The number of nitrogens with one attached hydrogen (secondary N) is 1. The van der Waals surface area contributed by atoms with E-state index >= 15 is 0 Å². The molecule has 2 aromatic carbocycles. The molecule has 1 aromatic heterocycles. The number of nitrogens with zero attached hydrogens (tertiary/aromatic N) is 2. The Kier molecular flexibility index (Phi) is 6.96. The third kappa shape index (κ3) is 4.41. The van der Waals surface area contributed by atoms with E-state index < -0.39 is 5.54 Å². The molecule has 0 bridgehead atoms. The average molecular weight is 462 g/mol. The van der Waals surface area contributed by atoms with Gasteiger partial charge >= 0.3 is 0 Å². The monoisotopic (exact) mass is 461 g/mol. The van der Waals surface area contributed by atoms with Crippen LogP contribution in [0.1, 0.15) is 56.1 Å². The summed E-state index contributed by atoms with van der Waals surface area (Å²) in [6, 6.07) is 17.9. The lowest BCUT2D eigenvalue weighted by Crippen LogP contribution is -2.65. The molecule has 0 radical (unpaired) electrons. The van der Waals surface area contributed by atoms with E-state index in [4.69, 9.17) is 4.74 Å². The lowest BCUT2D eigenvalue weighted by atomic mass is 9.93. The van der Waals surface area contributed by atoms with Crippen LogP contribution in [0, 0.1) is 0 Å². The normalized spacial score (nSPS) is 18.6. The molecule has 6 heteroatoms. The van der Waals surface area contributed by atoms with Crippen LogP contribution in [0.3, 0.4) is 0 Å². The second kappa shape index (κ2) is 9.92. The van der Waals surface area contributed by atoms with Crippen LogP contribution < -0.4 is 10.1 Å². The number of benzene rings is 2. The molecule has 2 atom stereocenters. The van der Waals surface area contributed by atoms with Gasteiger partial charge in [-0.1, -0.05) is 50.6 Å². The van der Waals surface area contributed by atoms with Crippen molar-refractivity contribution in [3.05, 3.63) is 65.9 Å². The van der Waals surface area contributed by atoms with Gasteiger partial charge in [0, 0.05) is 24.0 Å². The van der Waals surface area contributed by atoms with Crippen molar-refractivity contribution in [2.75, 3.05) is 13.7 Å². The Labute approximate surface area is 201 Å². The Morgan fingerprint density at radius 3 is 2.59 bits per heavy atom. The molecule has 0 fully saturated rings. The van der Waals surface area contributed by atoms with Crippen LogP contribution in [0.25, 0.3) is 10.9 Å². The number of carbonyl (C=O) groups excluding carboxylic acids is 2. The Balaban J connectivity index is 1.74. The van der Waals surface area contributed by atoms with Crippen LogP contribution in [0.15, 0.2) is 54.6 Å². The number of amides is 2. The SMILES string of the molecule is CCCC(CC)NC(=O)C1(C)Cn2c(cc3ccc(OC)cc32)C(=O)N1CCc1ccccc1. The summed E-state index contributed by atoms with van der Waals surface area (Å²) in [7, 11) is 1.63. The van der Waals surface area contributed by atoms with Crippen molar-refractivity contribution >= 4 is 22.7 Å². The highest BCUT2D eigenvalue weighted by molar-refractivity contribution is 6.03. The number of aromatic nitrogens is 1. The van der Waals surface area contributed by atoms with Crippen molar-refractivity contribution in [2.24, 2.45) is 0 Å². The van der Waals surface area contributed by atoms with Gasteiger partial charge in [0.15, 0.2) is 0 Å². The molecule has 1 N–H and O–H groups in total. The Hall–Kier alpha value is -3.28. The van der Waals surface area contributed by atoms with Crippen LogP contribution in [0.2, 0.25) is 0 Å². The van der Waals surface area contributed by atoms with Crippen molar-refractivity contribution in [2.45, 2.75) is 64.6 Å². The summed E-state index contributed by atoms with van der Waals surface area (Å²) in [5.41, 5.74) is 1.66. The summed E-state index contributed by atoms with van der Waals surface area (Å²) in [4.78, 5) is 29.4. The van der Waals surface area contributed by atoms with Crippen LogP contribution >= 0.6 is 0 Å². The molecule has 180 valence electrons. The fourth-order valence-corrected chi connectivity index (χ4v) is 4.96. The molecule has 3 aromatic rings. The number of fused-ring (bicyclic) bond motifs is 3. The Morgan fingerprint density at radius 1 is 1.15 bits per heavy atom. The molecule has 2 heterocycles. The molecule has 4 rings (SSSR count). The Bertz CT molecular complexity index is 1170. The van der Waals surface area contributed by atoms with Crippen LogP contribution in [-0.2, 0) is 17.8 Å². The molecule has 6 nitrogen and oxygen atoms in total. The predicted molar refractivity (Wildman–Crippen MR) is 135 cm³/mol. The van der Waals surface area contributed by atoms with Crippen molar-refractivity contribution in [3.63, 3.8) is 0 Å². The molecular weight excluding hydrogens is 426 g/mol. The highest BCUT2D eigenvalue weighted by Crippen LogP contribution is 2.34. The summed E-state index contributed by atoms with van der Waals surface area (Å²) >= 11 is 0. The first-order valence-electron chi connectivity index (χ1n) is 12.3. The third-order valence-electron chi connectivity index (χ3n) is 7.06. The van der Waals surface area contributed by atoms with E-state index in [-0.39, 0.29) is 17.9 Å². The highest BCUT2D eigenvalue weighted by Gasteiger charge is 2.47. The minimum atomic E-state index is -1.00. The third-order valence-corrected chi connectivity index (χ3v) is 7.06. The number of carbonyl (C=O) groups is 2. The maximum atomic E-state index is 13.9. The van der Waals surface area contributed by atoms with Gasteiger partial charge in [-0.05, 0) is 49.9 Å². The lowest BCUT2D eigenvalue weighted by Gasteiger charge is -2.44. The van der Waals surface area contributed by atoms with Crippen molar-refractivity contribution in [1.82, 2.24) is 14.8 Å². The van der Waals surface area contributed by atoms with E-state index in [1.807, 2.05) is 54.0 Å².